The second-order valence-electron chi connectivity index (χ2n) is 8.02. The zero-order valence-electron chi connectivity index (χ0n) is 17.8. The highest BCUT2D eigenvalue weighted by Crippen LogP contribution is 2.36. The molecule has 1 aliphatic rings. The lowest BCUT2D eigenvalue weighted by Gasteiger charge is -2.37. The summed E-state index contributed by atoms with van der Waals surface area (Å²) in [6.07, 6.45) is 6.49. The number of rotatable bonds is 7. The normalized spacial score (nSPS) is 21.7. The van der Waals surface area contributed by atoms with Crippen molar-refractivity contribution in [3.8, 4) is 5.69 Å². The maximum absolute atomic E-state index is 13.1. The molecular weight excluding hydrogens is 496 g/mol. The van der Waals surface area contributed by atoms with Crippen molar-refractivity contribution in [2.24, 2.45) is 10.4 Å². The van der Waals surface area contributed by atoms with Crippen LogP contribution in [-0.2, 0) is 6.42 Å². The Kier molecular flexibility index (Phi) is 9.54. The molecule has 6 nitrogen and oxygen atoms in total. The van der Waals surface area contributed by atoms with E-state index in [1.807, 2.05) is 19.2 Å². The Balaban J connectivity index is 0.00000320. The number of guanidine groups is 1. The zero-order chi connectivity index (χ0) is 20.7. The summed E-state index contributed by atoms with van der Waals surface area (Å²) in [5.74, 6) is 0.514. The van der Waals surface area contributed by atoms with Gasteiger partial charge in [-0.2, -0.15) is 5.10 Å². The van der Waals surface area contributed by atoms with E-state index in [2.05, 4.69) is 22.7 Å². The van der Waals surface area contributed by atoms with E-state index < -0.39 is 0 Å². The van der Waals surface area contributed by atoms with Crippen LogP contribution in [-0.4, -0.2) is 46.6 Å². The van der Waals surface area contributed by atoms with Gasteiger partial charge in [-0.25, -0.2) is 9.07 Å². The highest BCUT2D eigenvalue weighted by Gasteiger charge is 2.35. The first-order chi connectivity index (χ1) is 14.0. The predicted octanol–water partition coefficient (Wildman–Crippen LogP) is 3.67. The first kappa shape index (κ1) is 24.6. The average Bonchev–Trinajstić information content (AvgIpc) is 3.18. The largest absolute Gasteiger partial charge is 0.392 e. The summed E-state index contributed by atoms with van der Waals surface area (Å²) in [4.78, 5) is 4.72. The van der Waals surface area contributed by atoms with E-state index in [1.165, 1.54) is 12.1 Å². The molecule has 0 bridgehead atoms. The smallest absolute Gasteiger partial charge is 0.191 e. The van der Waals surface area contributed by atoms with Crippen LogP contribution in [0.3, 0.4) is 0 Å². The van der Waals surface area contributed by atoms with Crippen LogP contribution in [0.15, 0.2) is 41.5 Å². The number of aromatic nitrogens is 2. The Morgan fingerprint density at radius 3 is 2.73 bits per heavy atom. The molecule has 0 aliphatic heterocycles. The lowest BCUT2D eigenvalue weighted by Crippen LogP contribution is -2.42. The third kappa shape index (κ3) is 6.66. The average molecular weight is 529 g/mol. The van der Waals surface area contributed by atoms with Crippen LogP contribution in [0.1, 0.15) is 45.2 Å². The number of aliphatic hydroxyl groups excluding tert-OH is 1. The lowest BCUT2D eigenvalue weighted by atomic mass is 9.73. The van der Waals surface area contributed by atoms with Gasteiger partial charge in [-0.05, 0) is 50.1 Å². The minimum absolute atomic E-state index is 0. The van der Waals surface area contributed by atoms with Crippen LogP contribution in [0.25, 0.3) is 5.69 Å². The molecule has 1 aromatic heterocycles. The summed E-state index contributed by atoms with van der Waals surface area (Å²) < 4.78 is 14.8. The van der Waals surface area contributed by atoms with Gasteiger partial charge in [-0.3, -0.25) is 4.99 Å². The van der Waals surface area contributed by atoms with Gasteiger partial charge < -0.3 is 15.7 Å². The molecule has 1 aromatic carbocycles. The van der Waals surface area contributed by atoms with Crippen LogP contribution >= 0.6 is 24.0 Å². The number of hydrogen-bond donors (Lipinski definition) is 3. The Morgan fingerprint density at radius 2 is 2.03 bits per heavy atom. The molecule has 3 N–H and O–H groups in total. The van der Waals surface area contributed by atoms with E-state index in [4.69, 9.17) is 4.99 Å². The molecule has 30 heavy (non-hydrogen) atoms. The fraction of sp³-hybridized carbons (Fsp3) is 0.545. The summed E-state index contributed by atoms with van der Waals surface area (Å²) >= 11 is 0. The van der Waals surface area contributed by atoms with Crippen molar-refractivity contribution in [3.63, 3.8) is 0 Å². The first-order valence-electron chi connectivity index (χ1n) is 10.5. The monoisotopic (exact) mass is 529 g/mol. The maximum Gasteiger partial charge on any atom is 0.191 e. The van der Waals surface area contributed by atoms with Crippen LogP contribution in [0.2, 0.25) is 0 Å². The summed E-state index contributed by atoms with van der Waals surface area (Å²) in [5, 5.41) is 21.5. The number of hydrogen-bond acceptors (Lipinski definition) is 3. The van der Waals surface area contributed by atoms with E-state index in [9.17, 15) is 9.50 Å². The molecule has 1 fully saturated rings. The van der Waals surface area contributed by atoms with E-state index in [0.29, 0.717) is 13.1 Å². The summed E-state index contributed by atoms with van der Waals surface area (Å²) in [7, 11) is 0. The van der Waals surface area contributed by atoms with Crippen molar-refractivity contribution >= 4 is 29.9 Å². The number of halogens is 2. The molecule has 0 amide bonds. The standard InChI is InChI=1S/C22H32FN5O.HI/c1-3-24-21(26-16-22(2)13-5-4-6-20(22)29)25-14-11-18-12-15-28(27-18)19-9-7-17(23)8-10-19;/h7-10,12,15,20,29H,3-6,11,13-14,16H2,1-2H3,(H2,24,25,26);1H. The van der Waals surface area contributed by atoms with E-state index >= 15 is 0 Å². The summed E-state index contributed by atoms with van der Waals surface area (Å²) in [6, 6.07) is 8.25. The van der Waals surface area contributed by atoms with Gasteiger partial charge in [0.05, 0.1) is 24.0 Å². The molecule has 0 radical (unpaired) electrons. The van der Waals surface area contributed by atoms with Gasteiger partial charge in [0.1, 0.15) is 5.82 Å². The van der Waals surface area contributed by atoms with Gasteiger partial charge in [0, 0.05) is 31.1 Å². The van der Waals surface area contributed by atoms with Crippen LogP contribution in [0, 0.1) is 11.2 Å². The summed E-state index contributed by atoms with van der Waals surface area (Å²) in [5.41, 5.74) is 1.64. The van der Waals surface area contributed by atoms with E-state index in [-0.39, 0.29) is 41.3 Å². The highest BCUT2D eigenvalue weighted by atomic mass is 127. The van der Waals surface area contributed by atoms with Gasteiger partial charge in [0.25, 0.3) is 0 Å². The fourth-order valence-corrected chi connectivity index (χ4v) is 3.71. The molecule has 166 valence electrons. The topological polar surface area (TPSA) is 74.5 Å². The molecule has 8 heteroatoms. The predicted molar refractivity (Wildman–Crippen MR) is 129 cm³/mol. The molecule has 1 heterocycles. The second-order valence-corrected chi connectivity index (χ2v) is 8.02. The molecule has 0 spiro atoms. The van der Waals surface area contributed by atoms with Gasteiger partial charge in [-0.15, -0.1) is 24.0 Å². The van der Waals surface area contributed by atoms with Crippen LogP contribution < -0.4 is 10.6 Å². The van der Waals surface area contributed by atoms with Crippen LogP contribution in [0.4, 0.5) is 4.39 Å². The fourth-order valence-electron chi connectivity index (χ4n) is 3.71. The minimum Gasteiger partial charge on any atom is -0.392 e. The Hall–Kier alpha value is -1.68. The molecule has 3 rings (SSSR count). The summed E-state index contributed by atoms with van der Waals surface area (Å²) in [6.45, 7) is 6.27. The molecular formula is C22H33FIN5O. The Bertz CT molecular complexity index is 810. The van der Waals surface area contributed by atoms with Gasteiger partial charge in [-0.1, -0.05) is 19.8 Å². The molecule has 2 aromatic rings. The van der Waals surface area contributed by atoms with Crippen molar-refractivity contribution in [1.29, 1.82) is 0 Å². The van der Waals surface area contributed by atoms with Crippen molar-refractivity contribution in [2.75, 3.05) is 19.6 Å². The Labute approximate surface area is 195 Å². The van der Waals surface area contributed by atoms with Gasteiger partial charge in [0.2, 0.25) is 0 Å². The molecule has 1 aliphatic carbocycles. The first-order valence-corrected chi connectivity index (χ1v) is 10.5. The lowest BCUT2D eigenvalue weighted by molar-refractivity contribution is 0.00716. The Morgan fingerprint density at radius 1 is 1.27 bits per heavy atom. The van der Waals surface area contributed by atoms with Crippen molar-refractivity contribution in [1.82, 2.24) is 20.4 Å². The molecule has 1 saturated carbocycles. The highest BCUT2D eigenvalue weighted by molar-refractivity contribution is 14.0. The quantitative estimate of drug-likeness (QED) is 0.291. The number of aliphatic imine (C=N–C) groups is 1. The number of nitrogens with one attached hydrogen (secondary N) is 2. The second kappa shape index (κ2) is 11.6. The van der Waals surface area contributed by atoms with Gasteiger partial charge >= 0.3 is 0 Å². The molecule has 2 unspecified atom stereocenters. The number of benzene rings is 1. The SMILES string of the molecule is CCNC(=NCC1(C)CCCCC1O)NCCc1ccn(-c2ccc(F)cc2)n1.I. The zero-order valence-corrected chi connectivity index (χ0v) is 20.1. The van der Waals surface area contributed by atoms with E-state index in [0.717, 1.165) is 56.0 Å². The van der Waals surface area contributed by atoms with Gasteiger partial charge in [0.15, 0.2) is 5.96 Å². The van der Waals surface area contributed by atoms with Crippen molar-refractivity contribution in [2.45, 2.75) is 52.1 Å². The molecule has 2 atom stereocenters. The van der Waals surface area contributed by atoms with Crippen molar-refractivity contribution in [3.05, 3.63) is 48.0 Å². The van der Waals surface area contributed by atoms with E-state index in [1.54, 1.807) is 16.8 Å². The third-order valence-corrected chi connectivity index (χ3v) is 5.63. The van der Waals surface area contributed by atoms with Crippen LogP contribution in [0.5, 0.6) is 0 Å². The number of nitrogens with zero attached hydrogens (tertiary/aromatic N) is 3. The van der Waals surface area contributed by atoms with Crippen molar-refractivity contribution < 1.29 is 9.50 Å². The minimum atomic E-state index is -0.279. The number of aliphatic hydroxyl groups is 1. The maximum atomic E-state index is 13.1. The third-order valence-electron chi connectivity index (χ3n) is 5.63. The molecule has 0 saturated heterocycles.